The van der Waals surface area contributed by atoms with Crippen LogP contribution in [0, 0.1) is 0 Å². The molecule has 1 atom stereocenters. The molecule has 1 aromatic rings. The van der Waals surface area contributed by atoms with E-state index >= 15 is 0 Å². The summed E-state index contributed by atoms with van der Waals surface area (Å²) in [4.78, 5) is 9.68. The van der Waals surface area contributed by atoms with Crippen molar-refractivity contribution in [2.24, 2.45) is 0 Å². The van der Waals surface area contributed by atoms with E-state index in [1.54, 1.807) is 0 Å². The molecule has 1 aliphatic carbocycles. The van der Waals surface area contributed by atoms with Crippen molar-refractivity contribution in [3.05, 3.63) is 29.6 Å². The van der Waals surface area contributed by atoms with Gasteiger partial charge in [0, 0.05) is 31.7 Å². The van der Waals surface area contributed by atoms with E-state index in [4.69, 9.17) is 4.98 Å². The second-order valence-electron chi connectivity index (χ2n) is 6.75. The van der Waals surface area contributed by atoms with E-state index in [-0.39, 0.29) is 0 Å². The molecule has 4 heteroatoms. The minimum atomic E-state index is 0.717. The van der Waals surface area contributed by atoms with Gasteiger partial charge in [0.2, 0.25) is 0 Å². The SMILES string of the molecule is CN(Cc1cccc(CNC2CC2)n1)CC1CCCN1C. The molecule has 116 valence electrons. The fourth-order valence-corrected chi connectivity index (χ4v) is 3.16. The van der Waals surface area contributed by atoms with E-state index in [9.17, 15) is 0 Å². The van der Waals surface area contributed by atoms with E-state index in [0.717, 1.165) is 31.7 Å². The highest BCUT2D eigenvalue weighted by Crippen LogP contribution is 2.19. The van der Waals surface area contributed by atoms with Gasteiger partial charge in [-0.25, -0.2) is 0 Å². The van der Waals surface area contributed by atoms with Crippen LogP contribution in [0.5, 0.6) is 0 Å². The lowest BCUT2D eigenvalue weighted by atomic mass is 10.2. The fraction of sp³-hybridized carbons (Fsp3) is 0.706. The van der Waals surface area contributed by atoms with Gasteiger partial charge < -0.3 is 10.2 Å². The third-order valence-corrected chi connectivity index (χ3v) is 4.64. The van der Waals surface area contributed by atoms with Crippen molar-refractivity contribution < 1.29 is 0 Å². The quantitative estimate of drug-likeness (QED) is 0.830. The number of hydrogen-bond acceptors (Lipinski definition) is 4. The van der Waals surface area contributed by atoms with E-state index in [1.165, 1.54) is 43.6 Å². The van der Waals surface area contributed by atoms with Crippen LogP contribution in [0.4, 0.5) is 0 Å². The Morgan fingerprint density at radius 2 is 2.10 bits per heavy atom. The van der Waals surface area contributed by atoms with E-state index in [1.807, 2.05) is 0 Å². The summed E-state index contributed by atoms with van der Waals surface area (Å²) < 4.78 is 0. The molecule has 1 aliphatic heterocycles. The molecule has 0 bridgehead atoms. The minimum absolute atomic E-state index is 0.717. The van der Waals surface area contributed by atoms with Crippen LogP contribution in [0.3, 0.4) is 0 Å². The number of likely N-dealkylation sites (tertiary alicyclic amines) is 1. The zero-order chi connectivity index (χ0) is 14.7. The molecule has 0 amide bonds. The molecule has 0 aromatic carbocycles. The van der Waals surface area contributed by atoms with Crippen molar-refractivity contribution >= 4 is 0 Å². The van der Waals surface area contributed by atoms with Crippen LogP contribution >= 0.6 is 0 Å². The molecule has 2 fully saturated rings. The highest BCUT2D eigenvalue weighted by atomic mass is 15.2. The molecular weight excluding hydrogens is 260 g/mol. The van der Waals surface area contributed by atoms with Gasteiger partial charge in [-0.15, -0.1) is 0 Å². The van der Waals surface area contributed by atoms with Crippen LogP contribution in [0.15, 0.2) is 18.2 Å². The molecule has 21 heavy (non-hydrogen) atoms. The number of hydrogen-bond donors (Lipinski definition) is 1. The molecule has 3 rings (SSSR count). The van der Waals surface area contributed by atoms with E-state index in [0.29, 0.717) is 0 Å². The molecule has 1 saturated heterocycles. The van der Waals surface area contributed by atoms with Crippen LogP contribution in [0.2, 0.25) is 0 Å². The number of nitrogens with one attached hydrogen (secondary N) is 1. The molecule has 4 nitrogen and oxygen atoms in total. The standard InChI is InChI=1S/C17H28N4/c1-20(13-17-7-4-10-21(17)2)12-16-6-3-5-15(19-16)11-18-14-8-9-14/h3,5-6,14,17-18H,4,7-13H2,1-2H3. The average molecular weight is 288 g/mol. The van der Waals surface area contributed by atoms with Crippen molar-refractivity contribution in [2.45, 2.75) is 50.9 Å². The number of pyridine rings is 1. The maximum atomic E-state index is 4.79. The highest BCUT2D eigenvalue weighted by molar-refractivity contribution is 5.11. The first-order valence-corrected chi connectivity index (χ1v) is 8.27. The van der Waals surface area contributed by atoms with Crippen molar-refractivity contribution in [1.82, 2.24) is 20.1 Å². The second kappa shape index (κ2) is 6.86. The lowest BCUT2D eigenvalue weighted by Crippen LogP contribution is -2.36. The van der Waals surface area contributed by atoms with Crippen LogP contribution in [-0.4, -0.2) is 54.1 Å². The fourth-order valence-electron chi connectivity index (χ4n) is 3.16. The smallest absolute Gasteiger partial charge is 0.0547 e. The number of likely N-dealkylation sites (N-methyl/N-ethyl adjacent to an activating group) is 2. The Kier molecular flexibility index (Phi) is 4.88. The summed E-state index contributed by atoms with van der Waals surface area (Å²) >= 11 is 0. The Labute approximate surface area is 128 Å². The van der Waals surface area contributed by atoms with Gasteiger partial charge in [0.15, 0.2) is 0 Å². The molecule has 0 radical (unpaired) electrons. The van der Waals surface area contributed by atoms with Gasteiger partial charge in [0.25, 0.3) is 0 Å². The lowest BCUT2D eigenvalue weighted by Gasteiger charge is -2.25. The molecule has 2 aliphatic rings. The largest absolute Gasteiger partial charge is 0.308 e. The number of nitrogens with zero attached hydrogens (tertiary/aromatic N) is 3. The molecule has 2 heterocycles. The van der Waals surface area contributed by atoms with Crippen LogP contribution in [-0.2, 0) is 13.1 Å². The first kappa shape index (κ1) is 14.9. The first-order valence-electron chi connectivity index (χ1n) is 8.27. The summed E-state index contributed by atoms with van der Waals surface area (Å²) in [6.07, 6.45) is 5.34. The maximum Gasteiger partial charge on any atom is 0.0547 e. The molecule has 1 unspecified atom stereocenters. The van der Waals surface area contributed by atoms with Gasteiger partial charge in [-0.1, -0.05) is 6.07 Å². The predicted octanol–water partition coefficient (Wildman–Crippen LogP) is 1.86. The molecule has 0 spiro atoms. The third-order valence-electron chi connectivity index (χ3n) is 4.64. The Morgan fingerprint density at radius 1 is 1.29 bits per heavy atom. The van der Waals surface area contributed by atoms with Crippen molar-refractivity contribution in [3.63, 3.8) is 0 Å². The predicted molar refractivity (Wildman–Crippen MR) is 86.1 cm³/mol. The summed E-state index contributed by atoms with van der Waals surface area (Å²) in [6, 6.07) is 7.88. The number of aromatic nitrogens is 1. The Hall–Kier alpha value is -0.970. The van der Waals surface area contributed by atoms with E-state index < -0.39 is 0 Å². The summed E-state index contributed by atoms with van der Waals surface area (Å²) in [5, 5.41) is 3.54. The Bertz CT molecular complexity index is 458. The first-order chi connectivity index (χ1) is 10.2. The minimum Gasteiger partial charge on any atom is -0.308 e. The average Bonchev–Trinajstić information content (AvgIpc) is 3.21. The topological polar surface area (TPSA) is 31.4 Å². The van der Waals surface area contributed by atoms with Crippen LogP contribution in [0.25, 0.3) is 0 Å². The van der Waals surface area contributed by atoms with Gasteiger partial charge in [-0.05, 0) is 58.5 Å². The van der Waals surface area contributed by atoms with Crippen molar-refractivity contribution in [2.75, 3.05) is 27.2 Å². The third kappa shape index (κ3) is 4.50. The molecule has 1 N–H and O–H groups in total. The Balaban J connectivity index is 1.49. The summed E-state index contributed by atoms with van der Waals surface area (Å²) in [6.45, 7) is 4.25. The van der Waals surface area contributed by atoms with Crippen molar-refractivity contribution in [1.29, 1.82) is 0 Å². The second-order valence-corrected chi connectivity index (χ2v) is 6.75. The summed E-state index contributed by atoms with van der Waals surface area (Å²) in [5.41, 5.74) is 2.36. The van der Waals surface area contributed by atoms with Gasteiger partial charge in [0.1, 0.15) is 0 Å². The maximum absolute atomic E-state index is 4.79. The normalized spacial score (nSPS) is 23.1. The lowest BCUT2D eigenvalue weighted by molar-refractivity contribution is 0.214. The van der Waals surface area contributed by atoms with Gasteiger partial charge in [-0.3, -0.25) is 9.88 Å². The number of rotatable bonds is 7. The molecular formula is C17H28N4. The summed E-state index contributed by atoms with van der Waals surface area (Å²) in [7, 11) is 4.46. The van der Waals surface area contributed by atoms with Gasteiger partial charge in [-0.2, -0.15) is 0 Å². The van der Waals surface area contributed by atoms with Gasteiger partial charge >= 0.3 is 0 Å². The van der Waals surface area contributed by atoms with Crippen molar-refractivity contribution in [3.8, 4) is 0 Å². The molecule has 1 aromatic heterocycles. The highest BCUT2D eigenvalue weighted by Gasteiger charge is 2.22. The van der Waals surface area contributed by atoms with E-state index in [2.05, 4.69) is 47.4 Å². The summed E-state index contributed by atoms with van der Waals surface area (Å²) in [5.74, 6) is 0. The zero-order valence-corrected chi connectivity index (χ0v) is 13.4. The zero-order valence-electron chi connectivity index (χ0n) is 13.4. The van der Waals surface area contributed by atoms with Crippen LogP contribution in [0.1, 0.15) is 37.1 Å². The Morgan fingerprint density at radius 3 is 2.81 bits per heavy atom. The monoisotopic (exact) mass is 288 g/mol. The van der Waals surface area contributed by atoms with Gasteiger partial charge in [0.05, 0.1) is 11.4 Å². The molecule has 1 saturated carbocycles. The van der Waals surface area contributed by atoms with Crippen LogP contribution < -0.4 is 5.32 Å².